The fourth-order valence-corrected chi connectivity index (χ4v) is 2.94. The van der Waals surface area contributed by atoms with Gasteiger partial charge in [0.05, 0.1) is 0 Å². The summed E-state index contributed by atoms with van der Waals surface area (Å²) < 4.78 is 0. The van der Waals surface area contributed by atoms with E-state index in [1.165, 1.54) is 17.7 Å². The van der Waals surface area contributed by atoms with Crippen LogP contribution < -0.4 is 11.1 Å². The van der Waals surface area contributed by atoms with E-state index in [9.17, 15) is 0 Å². The number of nitrogens with one attached hydrogen (secondary N) is 1. The third-order valence-electron chi connectivity index (χ3n) is 3.01. The first-order valence-corrected chi connectivity index (χ1v) is 7.29. The lowest BCUT2D eigenvalue weighted by Gasteiger charge is -2.18. The summed E-state index contributed by atoms with van der Waals surface area (Å²) in [5.74, 6) is 1.02. The van der Waals surface area contributed by atoms with Gasteiger partial charge in [-0.15, -0.1) is 11.8 Å². The van der Waals surface area contributed by atoms with Crippen LogP contribution in [0, 0.1) is 0 Å². The number of thiocarbonyl (C=S) groups is 1. The molecule has 0 aliphatic heterocycles. The lowest BCUT2D eigenvalue weighted by atomic mass is 10.1. The van der Waals surface area contributed by atoms with E-state index in [0.29, 0.717) is 4.99 Å². The van der Waals surface area contributed by atoms with Gasteiger partial charge in [0, 0.05) is 21.7 Å². The first-order chi connectivity index (χ1) is 8.06. The van der Waals surface area contributed by atoms with E-state index < -0.39 is 0 Å². The average Bonchev–Trinajstić information content (AvgIpc) is 2.96. The summed E-state index contributed by atoms with van der Waals surface area (Å²) in [6.07, 6.45) is 2.43. The number of thioether (sulfide) groups is 1. The van der Waals surface area contributed by atoms with E-state index in [0.717, 1.165) is 17.0 Å². The fourth-order valence-electron chi connectivity index (χ4n) is 1.80. The van der Waals surface area contributed by atoms with Crippen LogP contribution in [0.25, 0.3) is 0 Å². The van der Waals surface area contributed by atoms with Gasteiger partial charge in [-0.05, 0) is 37.7 Å². The topological polar surface area (TPSA) is 38.0 Å². The van der Waals surface area contributed by atoms with Crippen molar-refractivity contribution < 1.29 is 0 Å². The summed E-state index contributed by atoms with van der Waals surface area (Å²) in [5.41, 5.74) is 8.19. The molecule has 1 fully saturated rings. The second kappa shape index (κ2) is 4.86. The fraction of sp³-hybridized carbons (Fsp3) is 0.462. The Balaban J connectivity index is 2.35. The summed E-state index contributed by atoms with van der Waals surface area (Å²) in [6, 6.07) is 6.22. The molecule has 2 rings (SSSR count). The maximum Gasteiger partial charge on any atom is 0.107 e. The largest absolute Gasteiger partial charge is 0.389 e. The van der Waals surface area contributed by atoms with E-state index in [1.807, 2.05) is 0 Å². The summed E-state index contributed by atoms with van der Waals surface area (Å²) >= 11 is 6.97. The van der Waals surface area contributed by atoms with Gasteiger partial charge in [0.15, 0.2) is 0 Å². The van der Waals surface area contributed by atoms with Crippen molar-refractivity contribution in [3.63, 3.8) is 0 Å². The number of rotatable bonds is 5. The van der Waals surface area contributed by atoms with Crippen molar-refractivity contribution >= 4 is 34.7 Å². The lowest BCUT2D eigenvalue weighted by Crippen LogP contribution is -2.21. The van der Waals surface area contributed by atoms with E-state index in [2.05, 4.69) is 37.4 Å². The molecule has 92 valence electrons. The summed E-state index contributed by atoms with van der Waals surface area (Å²) in [5, 5.41) is 3.56. The highest BCUT2D eigenvalue weighted by atomic mass is 32.2. The molecule has 0 bridgehead atoms. The van der Waals surface area contributed by atoms with Crippen LogP contribution in [0.4, 0.5) is 5.69 Å². The van der Waals surface area contributed by atoms with Crippen LogP contribution in [-0.2, 0) is 0 Å². The Morgan fingerprint density at radius 1 is 1.53 bits per heavy atom. The van der Waals surface area contributed by atoms with Crippen molar-refractivity contribution in [2.24, 2.45) is 5.73 Å². The molecule has 4 heteroatoms. The Morgan fingerprint density at radius 3 is 2.76 bits per heavy atom. The molecule has 0 heterocycles. The standard InChI is InChI=1S/C13H18N2S2/c1-3-17-10-6-4-5-9(11(10)12(14)16)15-13(2)7-8-13/h4-6,15H,3,7-8H2,1-2H3,(H2,14,16). The molecular weight excluding hydrogens is 248 g/mol. The van der Waals surface area contributed by atoms with Crippen molar-refractivity contribution in [2.75, 3.05) is 11.1 Å². The Kier molecular flexibility index (Phi) is 3.64. The zero-order valence-corrected chi connectivity index (χ0v) is 11.9. The number of benzene rings is 1. The van der Waals surface area contributed by atoms with Crippen molar-refractivity contribution in [3.05, 3.63) is 23.8 Å². The highest BCUT2D eigenvalue weighted by Crippen LogP contribution is 2.40. The Bertz CT molecular complexity index is 439. The molecular formula is C13H18N2S2. The second-order valence-electron chi connectivity index (χ2n) is 4.66. The van der Waals surface area contributed by atoms with E-state index in [1.54, 1.807) is 11.8 Å². The zero-order valence-electron chi connectivity index (χ0n) is 10.2. The van der Waals surface area contributed by atoms with Gasteiger partial charge in [0.1, 0.15) is 4.99 Å². The summed E-state index contributed by atoms with van der Waals surface area (Å²) in [7, 11) is 0. The van der Waals surface area contributed by atoms with Crippen LogP contribution in [0.5, 0.6) is 0 Å². The molecule has 3 N–H and O–H groups in total. The molecule has 1 aromatic rings. The number of hydrogen-bond acceptors (Lipinski definition) is 3. The third-order valence-corrected chi connectivity index (χ3v) is 4.15. The number of hydrogen-bond donors (Lipinski definition) is 2. The summed E-state index contributed by atoms with van der Waals surface area (Å²) in [4.78, 5) is 1.66. The monoisotopic (exact) mass is 266 g/mol. The van der Waals surface area contributed by atoms with Gasteiger partial charge in [-0.25, -0.2) is 0 Å². The highest BCUT2D eigenvalue weighted by Gasteiger charge is 2.37. The van der Waals surface area contributed by atoms with Gasteiger partial charge in [0.25, 0.3) is 0 Å². The van der Waals surface area contributed by atoms with E-state index >= 15 is 0 Å². The highest BCUT2D eigenvalue weighted by molar-refractivity contribution is 7.99. The Hall–Kier alpha value is -0.740. The average molecular weight is 266 g/mol. The first kappa shape index (κ1) is 12.7. The molecule has 0 spiro atoms. The minimum atomic E-state index is 0.245. The van der Waals surface area contributed by atoms with E-state index in [-0.39, 0.29) is 5.54 Å². The van der Waals surface area contributed by atoms with Crippen molar-refractivity contribution in [2.45, 2.75) is 37.1 Å². The van der Waals surface area contributed by atoms with Crippen LogP contribution in [-0.4, -0.2) is 16.3 Å². The molecule has 0 radical (unpaired) electrons. The molecule has 0 unspecified atom stereocenters. The molecule has 0 aromatic heterocycles. The molecule has 1 saturated carbocycles. The molecule has 1 aliphatic carbocycles. The van der Waals surface area contributed by atoms with Gasteiger partial charge < -0.3 is 11.1 Å². The molecule has 0 atom stereocenters. The molecule has 1 aromatic carbocycles. The van der Waals surface area contributed by atoms with Crippen LogP contribution in [0.3, 0.4) is 0 Å². The minimum Gasteiger partial charge on any atom is -0.389 e. The molecule has 0 amide bonds. The van der Waals surface area contributed by atoms with Crippen LogP contribution in [0.2, 0.25) is 0 Å². The predicted octanol–water partition coefficient (Wildman–Crippen LogP) is 3.40. The first-order valence-electron chi connectivity index (χ1n) is 5.89. The molecule has 2 nitrogen and oxygen atoms in total. The van der Waals surface area contributed by atoms with Gasteiger partial charge in [-0.3, -0.25) is 0 Å². The van der Waals surface area contributed by atoms with Crippen molar-refractivity contribution in [1.82, 2.24) is 0 Å². The van der Waals surface area contributed by atoms with Crippen molar-refractivity contribution in [1.29, 1.82) is 0 Å². The number of nitrogens with two attached hydrogens (primary N) is 1. The zero-order chi connectivity index (χ0) is 12.5. The molecule has 0 saturated heterocycles. The molecule has 1 aliphatic rings. The summed E-state index contributed by atoms with van der Waals surface area (Å²) in [6.45, 7) is 4.37. The van der Waals surface area contributed by atoms with Crippen LogP contribution in [0.1, 0.15) is 32.3 Å². The van der Waals surface area contributed by atoms with E-state index in [4.69, 9.17) is 18.0 Å². The minimum absolute atomic E-state index is 0.245. The van der Waals surface area contributed by atoms with Gasteiger partial charge >= 0.3 is 0 Å². The third kappa shape index (κ3) is 2.93. The second-order valence-corrected chi connectivity index (χ2v) is 6.41. The molecule has 17 heavy (non-hydrogen) atoms. The quantitative estimate of drug-likeness (QED) is 0.633. The lowest BCUT2D eigenvalue weighted by molar-refractivity contribution is 0.828. The van der Waals surface area contributed by atoms with Gasteiger partial charge in [-0.1, -0.05) is 25.2 Å². The predicted molar refractivity (Wildman–Crippen MR) is 80.0 cm³/mol. The normalized spacial score (nSPS) is 16.6. The smallest absolute Gasteiger partial charge is 0.107 e. The van der Waals surface area contributed by atoms with Crippen LogP contribution in [0.15, 0.2) is 23.1 Å². The Morgan fingerprint density at radius 2 is 2.24 bits per heavy atom. The maximum absolute atomic E-state index is 5.86. The number of anilines is 1. The SMILES string of the molecule is CCSc1cccc(NC2(C)CC2)c1C(N)=S. The maximum atomic E-state index is 5.86. The van der Waals surface area contributed by atoms with Crippen molar-refractivity contribution in [3.8, 4) is 0 Å². The van der Waals surface area contributed by atoms with Gasteiger partial charge in [-0.2, -0.15) is 0 Å². The Labute approximate surface area is 112 Å². The van der Waals surface area contributed by atoms with Crippen LogP contribution >= 0.6 is 24.0 Å². The van der Waals surface area contributed by atoms with Gasteiger partial charge in [0.2, 0.25) is 0 Å².